The minimum absolute atomic E-state index is 0.212. The van der Waals surface area contributed by atoms with Crippen molar-refractivity contribution in [1.29, 1.82) is 0 Å². The van der Waals surface area contributed by atoms with E-state index in [1.54, 1.807) is 0 Å². The highest BCUT2D eigenvalue weighted by Gasteiger charge is 2.28. The number of carbonyl (C=O) groups is 1. The van der Waals surface area contributed by atoms with E-state index in [9.17, 15) is 4.79 Å². The van der Waals surface area contributed by atoms with Crippen molar-refractivity contribution in [2.75, 3.05) is 33.2 Å². The van der Waals surface area contributed by atoms with Crippen molar-refractivity contribution in [3.05, 3.63) is 0 Å². The molecule has 0 bridgehead atoms. The second-order valence-electron chi connectivity index (χ2n) is 6.32. The number of ketones is 1. The molecule has 0 aromatic rings. The maximum Gasteiger partial charge on any atom is 0.152 e. The molecule has 0 amide bonds. The van der Waals surface area contributed by atoms with Gasteiger partial charge in [-0.15, -0.1) is 0 Å². The van der Waals surface area contributed by atoms with E-state index in [-0.39, 0.29) is 5.41 Å². The quantitative estimate of drug-likeness (QED) is 0.754. The number of hydrogen-bond acceptors (Lipinski definition) is 3. The molecule has 1 fully saturated rings. The van der Waals surface area contributed by atoms with Gasteiger partial charge in [0.05, 0.1) is 6.54 Å². The van der Waals surface area contributed by atoms with Gasteiger partial charge in [0.25, 0.3) is 0 Å². The zero-order valence-corrected chi connectivity index (χ0v) is 12.1. The van der Waals surface area contributed by atoms with E-state index in [4.69, 9.17) is 0 Å². The van der Waals surface area contributed by atoms with Gasteiger partial charge in [-0.05, 0) is 26.4 Å². The Morgan fingerprint density at radius 2 is 1.94 bits per heavy atom. The summed E-state index contributed by atoms with van der Waals surface area (Å²) in [7, 11) is 2.18. The molecule has 0 aliphatic carbocycles. The smallest absolute Gasteiger partial charge is 0.152 e. The molecule has 0 aromatic heterocycles. The van der Waals surface area contributed by atoms with Crippen molar-refractivity contribution in [2.24, 2.45) is 5.41 Å². The summed E-state index contributed by atoms with van der Waals surface area (Å²) in [5.41, 5.74) is -0.212. The number of likely N-dealkylation sites (N-methyl/N-ethyl adjacent to an activating group) is 1. The fourth-order valence-corrected chi connectivity index (χ4v) is 2.31. The van der Waals surface area contributed by atoms with Crippen LogP contribution in [-0.4, -0.2) is 54.9 Å². The van der Waals surface area contributed by atoms with Gasteiger partial charge < -0.3 is 4.90 Å². The van der Waals surface area contributed by atoms with Crippen LogP contribution in [-0.2, 0) is 4.79 Å². The highest BCUT2D eigenvalue weighted by atomic mass is 16.1. The third-order valence-electron chi connectivity index (χ3n) is 3.68. The third kappa shape index (κ3) is 4.40. The van der Waals surface area contributed by atoms with Crippen LogP contribution in [0.2, 0.25) is 0 Å². The van der Waals surface area contributed by atoms with Crippen LogP contribution < -0.4 is 0 Å². The second-order valence-corrected chi connectivity index (χ2v) is 6.32. The van der Waals surface area contributed by atoms with Crippen LogP contribution in [0.25, 0.3) is 0 Å². The van der Waals surface area contributed by atoms with Crippen molar-refractivity contribution in [1.82, 2.24) is 9.80 Å². The largest absolute Gasteiger partial charge is 0.305 e. The van der Waals surface area contributed by atoms with Crippen molar-refractivity contribution in [2.45, 2.75) is 46.6 Å². The van der Waals surface area contributed by atoms with Crippen molar-refractivity contribution in [3.8, 4) is 0 Å². The minimum atomic E-state index is -0.212. The predicted molar refractivity (Wildman–Crippen MR) is 72.2 cm³/mol. The normalized spacial score (nSPS) is 24.6. The number of Topliss-reactive ketones (excluding diaryl/α,β-unsaturated/α-hetero) is 1. The van der Waals surface area contributed by atoms with Crippen LogP contribution in [0.4, 0.5) is 0 Å². The first-order valence-corrected chi connectivity index (χ1v) is 6.80. The molecule has 17 heavy (non-hydrogen) atoms. The topological polar surface area (TPSA) is 23.6 Å². The molecular weight excluding hydrogens is 212 g/mol. The summed E-state index contributed by atoms with van der Waals surface area (Å²) in [4.78, 5) is 16.9. The number of hydrogen-bond donors (Lipinski definition) is 0. The SMILES string of the molecule is CCC1CN(C)CCCN1CC(=O)C(C)(C)C. The Labute approximate surface area is 106 Å². The Morgan fingerprint density at radius 3 is 2.47 bits per heavy atom. The Morgan fingerprint density at radius 1 is 1.29 bits per heavy atom. The molecular formula is C14H28N2O. The van der Waals surface area contributed by atoms with Crippen molar-refractivity contribution in [3.63, 3.8) is 0 Å². The lowest BCUT2D eigenvalue weighted by Gasteiger charge is -2.31. The summed E-state index contributed by atoms with van der Waals surface area (Å²) >= 11 is 0. The molecule has 0 N–H and O–H groups in total. The summed E-state index contributed by atoms with van der Waals surface area (Å²) in [5, 5.41) is 0. The Kier molecular flexibility index (Phi) is 5.14. The van der Waals surface area contributed by atoms with Gasteiger partial charge in [-0.3, -0.25) is 9.69 Å². The van der Waals surface area contributed by atoms with Crippen LogP contribution in [0.1, 0.15) is 40.5 Å². The van der Waals surface area contributed by atoms with Gasteiger partial charge in [0.15, 0.2) is 5.78 Å². The molecule has 3 nitrogen and oxygen atoms in total. The third-order valence-corrected chi connectivity index (χ3v) is 3.68. The van der Waals surface area contributed by atoms with E-state index < -0.39 is 0 Å². The van der Waals surface area contributed by atoms with Crippen LogP contribution in [0.15, 0.2) is 0 Å². The maximum atomic E-state index is 12.1. The molecule has 1 unspecified atom stereocenters. The molecule has 3 heteroatoms. The van der Waals surface area contributed by atoms with E-state index in [0.717, 1.165) is 26.1 Å². The fraction of sp³-hybridized carbons (Fsp3) is 0.929. The predicted octanol–water partition coefficient (Wildman–Crippen LogP) is 2.02. The average Bonchev–Trinajstić information content (AvgIpc) is 2.39. The Balaban J connectivity index is 2.64. The minimum Gasteiger partial charge on any atom is -0.305 e. The maximum absolute atomic E-state index is 12.1. The van der Waals surface area contributed by atoms with Crippen molar-refractivity contribution >= 4 is 5.78 Å². The van der Waals surface area contributed by atoms with E-state index in [2.05, 4.69) is 23.8 Å². The van der Waals surface area contributed by atoms with E-state index in [0.29, 0.717) is 18.4 Å². The number of nitrogens with zero attached hydrogens (tertiary/aromatic N) is 2. The summed E-state index contributed by atoms with van der Waals surface area (Å²) in [6, 6.07) is 0.536. The molecule has 1 saturated heterocycles. The molecule has 0 aromatic carbocycles. The van der Waals surface area contributed by atoms with Gasteiger partial charge in [0.2, 0.25) is 0 Å². The zero-order chi connectivity index (χ0) is 13.1. The first kappa shape index (κ1) is 14.7. The molecule has 1 aliphatic heterocycles. The lowest BCUT2D eigenvalue weighted by Crippen LogP contribution is -2.44. The standard InChI is InChI=1S/C14H28N2O/c1-6-12-10-15(5)8-7-9-16(12)11-13(17)14(2,3)4/h12H,6-11H2,1-5H3. The fourth-order valence-electron chi connectivity index (χ4n) is 2.31. The van der Waals surface area contributed by atoms with Gasteiger partial charge in [-0.1, -0.05) is 27.7 Å². The molecule has 1 aliphatic rings. The summed E-state index contributed by atoms with van der Waals surface area (Å²) < 4.78 is 0. The first-order chi connectivity index (χ1) is 7.84. The summed E-state index contributed by atoms with van der Waals surface area (Å²) in [5.74, 6) is 0.362. The molecule has 1 heterocycles. The summed E-state index contributed by atoms with van der Waals surface area (Å²) in [6.45, 7) is 12.2. The Bertz CT molecular complexity index is 257. The molecule has 1 rings (SSSR count). The average molecular weight is 240 g/mol. The van der Waals surface area contributed by atoms with E-state index >= 15 is 0 Å². The van der Waals surface area contributed by atoms with Gasteiger partial charge in [0.1, 0.15) is 0 Å². The highest BCUT2D eigenvalue weighted by Crippen LogP contribution is 2.18. The van der Waals surface area contributed by atoms with Gasteiger partial charge >= 0.3 is 0 Å². The van der Waals surface area contributed by atoms with E-state index in [1.165, 1.54) is 6.42 Å². The van der Waals surface area contributed by atoms with Crippen LogP contribution in [0, 0.1) is 5.41 Å². The Hall–Kier alpha value is -0.410. The second kappa shape index (κ2) is 5.96. The molecule has 1 atom stereocenters. The van der Waals surface area contributed by atoms with E-state index in [1.807, 2.05) is 20.8 Å². The molecule has 0 radical (unpaired) electrons. The van der Waals surface area contributed by atoms with Gasteiger partial charge in [-0.2, -0.15) is 0 Å². The van der Waals surface area contributed by atoms with Crippen LogP contribution in [0.5, 0.6) is 0 Å². The molecule has 100 valence electrons. The van der Waals surface area contributed by atoms with Crippen LogP contribution in [0.3, 0.4) is 0 Å². The number of carbonyl (C=O) groups excluding carboxylic acids is 1. The van der Waals surface area contributed by atoms with Crippen molar-refractivity contribution < 1.29 is 4.79 Å². The first-order valence-electron chi connectivity index (χ1n) is 6.80. The lowest BCUT2D eigenvalue weighted by molar-refractivity contribution is -0.128. The highest BCUT2D eigenvalue weighted by molar-refractivity contribution is 5.85. The number of rotatable bonds is 3. The van der Waals surface area contributed by atoms with Gasteiger partial charge in [0, 0.05) is 24.5 Å². The monoisotopic (exact) mass is 240 g/mol. The molecule has 0 spiro atoms. The van der Waals surface area contributed by atoms with Crippen LogP contribution >= 0.6 is 0 Å². The molecule has 0 saturated carbocycles. The lowest BCUT2D eigenvalue weighted by atomic mass is 9.90. The summed E-state index contributed by atoms with van der Waals surface area (Å²) in [6.07, 6.45) is 2.30. The van der Waals surface area contributed by atoms with Gasteiger partial charge in [-0.25, -0.2) is 0 Å². The zero-order valence-electron chi connectivity index (χ0n) is 12.1.